The minimum absolute atomic E-state index is 0.0780. The molecular weight excluding hydrogens is 278 g/mol. The van der Waals surface area contributed by atoms with Gasteiger partial charge in [0.15, 0.2) is 0 Å². The molecule has 0 radical (unpaired) electrons. The van der Waals surface area contributed by atoms with Crippen LogP contribution >= 0.6 is 0 Å². The number of benzene rings is 1. The molecule has 1 aliphatic rings. The highest BCUT2D eigenvalue weighted by Crippen LogP contribution is 2.29. The molecule has 5 heteroatoms. The average molecular weight is 299 g/mol. The van der Waals surface area contributed by atoms with Gasteiger partial charge in [0.1, 0.15) is 0 Å². The Kier molecular flexibility index (Phi) is 3.72. The van der Waals surface area contributed by atoms with Gasteiger partial charge in [-0.15, -0.1) is 0 Å². The van der Waals surface area contributed by atoms with Gasteiger partial charge < -0.3 is 9.84 Å². The zero-order valence-corrected chi connectivity index (χ0v) is 13.2. The summed E-state index contributed by atoms with van der Waals surface area (Å²) >= 11 is 0. The summed E-state index contributed by atoms with van der Waals surface area (Å²) in [5, 5.41) is 6.80. The number of rotatable bonds is 4. The van der Waals surface area contributed by atoms with Crippen molar-refractivity contribution in [2.45, 2.75) is 45.6 Å². The highest BCUT2D eigenvalue weighted by molar-refractivity contribution is 5.80. The number of aromatic nitrogens is 2. The third-order valence-electron chi connectivity index (χ3n) is 3.84. The molecule has 5 nitrogen and oxygen atoms in total. The average Bonchev–Trinajstić information content (AvgIpc) is 3.23. The number of amides is 1. The van der Waals surface area contributed by atoms with Gasteiger partial charge in [0.05, 0.1) is 6.54 Å². The van der Waals surface area contributed by atoms with Crippen LogP contribution in [0.2, 0.25) is 0 Å². The molecule has 0 saturated heterocycles. The largest absolute Gasteiger partial charge is 0.347 e. The van der Waals surface area contributed by atoms with E-state index in [-0.39, 0.29) is 17.2 Å². The first-order valence-electron chi connectivity index (χ1n) is 7.65. The van der Waals surface area contributed by atoms with E-state index in [1.54, 1.807) is 0 Å². The molecule has 1 heterocycles. The number of hydrogen-bond donors (Lipinski definition) is 1. The molecule has 2 aromatic rings. The highest BCUT2D eigenvalue weighted by atomic mass is 16.5. The lowest BCUT2D eigenvalue weighted by molar-refractivity contribution is -0.122. The van der Waals surface area contributed by atoms with E-state index in [2.05, 4.69) is 48.4 Å². The summed E-state index contributed by atoms with van der Waals surface area (Å²) in [5.41, 5.74) is 2.29. The normalized spacial score (nSPS) is 14.9. The van der Waals surface area contributed by atoms with E-state index in [1.807, 2.05) is 12.1 Å². The monoisotopic (exact) mass is 299 g/mol. The molecule has 0 spiro atoms. The molecular formula is C17H21N3O2. The van der Waals surface area contributed by atoms with Crippen LogP contribution < -0.4 is 5.32 Å². The minimum Gasteiger partial charge on any atom is -0.347 e. The fourth-order valence-corrected chi connectivity index (χ4v) is 2.22. The second-order valence-corrected chi connectivity index (χ2v) is 6.83. The van der Waals surface area contributed by atoms with E-state index in [0.717, 1.165) is 18.4 Å². The molecule has 0 bridgehead atoms. The van der Waals surface area contributed by atoms with Gasteiger partial charge in [0.25, 0.3) is 0 Å². The van der Waals surface area contributed by atoms with Crippen LogP contribution in [0.25, 0.3) is 11.4 Å². The van der Waals surface area contributed by atoms with Gasteiger partial charge in [-0.2, -0.15) is 4.98 Å². The van der Waals surface area contributed by atoms with E-state index in [4.69, 9.17) is 4.52 Å². The summed E-state index contributed by atoms with van der Waals surface area (Å²) in [5.74, 6) is 1.25. The van der Waals surface area contributed by atoms with Gasteiger partial charge in [0.2, 0.25) is 17.6 Å². The second-order valence-electron chi connectivity index (χ2n) is 6.83. The van der Waals surface area contributed by atoms with Crippen LogP contribution in [0, 0.1) is 5.92 Å². The Morgan fingerprint density at radius 1 is 1.27 bits per heavy atom. The zero-order chi connectivity index (χ0) is 15.7. The van der Waals surface area contributed by atoms with Crippen LogP contribution in [-0.4, -0.2) is 16.0 Å². The molecule has 1 aliphatic carbocycles. The summed E-state index contributed by atoms with van der Waals surface area (Å²) < 4.78 is 5.19. The fourth-order valence-electron chi connectivity index (χ4n) is 2.22. The summed E-state index contributed by atoms with van der Waals surface area (Å²) in [7, 11) is 0. The predicted molar refractivity (Wildman–Crippen MR) is 83.0 cm³/mol. The van der Waals surface area contributed by atoms with Crippen molar-refractivity contribution in [1.82, 2.24) is 15.5 Å². The maximum absolute atomic E-state index is 11.6. The molecule has 0 atom stereocenters. The zero-order valence-electron chi connectivity index (χ0n) is 13.2. The maximum atomic E-state index is 11.6. The SMILES string of the molecule is CC(C)(C)c1ccc(-c2noc(CNC(=O)C3CC3)n2)cc1. The molecule has 116 valence electrons. The highest BCUT2D eigenvalue weighted by Gasteiger charge is 2.29. The van der Waals surface area contributed by atoms with E-state index in [9.17, 15) is 4.79 Å². The lowest BCUT2D eigenvalue weighted by Crippen LogP contribution is -2.24. The van der Waals surface area contributed by atoms with Crippen molar-refractivity contribution < 1.29 is 9.32 Å². The smallest absolute Gasteiger partial charge is 0.246 e. The Morgan fingerprint density at radius 2 is 1.95 bits per heavy atom. The summed E-state index contributed by atoms with van der Waals surface area (Å²) in [6.45, 7) is 6.83. The third-order valence-corrected chi connectivity index (χ3v) is 3.84. The van der Waals surface area contributed by atoms with Crippen molar-refractivity contribution in [1.29, 1.82) is 0 Å². The first kappa shape index (κ1) is 14.8. The molecule has 0 aliphatic heterocycles. The van der Waals surface area contributed by atoms with Gasteiger partial charge >= 0.3 is 0 Å². The number of nitrogens with zero attached hydrogens (tertiary/aromatic N) is 2. The van der Waals surface area contributed by atoms with Gasteiger partial charge in [-0.3, -0.25) is 4.79 Å². The van der Waals surface area contributed by atoms with E-state index in [1.165, 1.54) is 5.56 Å². The van der Waals surface area contributed by atoms with Crippen LogP contribution in [0.3, 0.4) is 0 Å². The molecule has 1 fully saturated rings. The number of carbonyl (C=O) groups excluding carboxylic acids is 1. The Bertz CT molecular complexity index is 664. The Balaban J connectivity index is 1.66. The number of carbonyl (C=O) groups is 1. The standard InChI is InChI=1S/C17H21N3O2/c1-17(2,3)13-8-6-11(7-9-13)15-19-14(22-20-15)10-18-16(21)12-4-5-12/h6-9,12H,4-5,10H2,1-3H3,(H,18,21). The lowest BCUT2D eigenvalue weighted by Gasteiger charge is -2.18. The van der Waals surface area contributed by atoms with Crippen molar-refractivity contribution in [3.05, 3.63) is 35.7 Å². The topological polar surface area (TPSA) is 68.0 Å². The summed E-state index contributed by atoms with van der Waals surface area (Å²) in [4.78, 5) is 15.9. The molecule has 3 rings (SSSR count). The van der Waals surface area contributed by atoms with Crippen molar-refractivity contribution in [2.75, 3.05) is 0 Å². The van der Waals surface area contributed by atoms with E-state index < -0.39 is 0 Å². The van der Waals surface area contributed by atoms with Gasteiger partial charge in [-0.1, -0.05) is 50.2 Å². The van der Waals surface area contributed by atoms with Gasteiger partial charge in [-0.25, -0.2) is 0 Å². The van der Waals surface area contributed by atoms with Crippen LogP contribution in [-0.2, 0) is 16.8 Å². The maximum Gasteiger partial charge on any atom is 0.246 e. The Hall–Kier alpha value is -2.17. The first-order chi connectivity index (χ1) is 10.4. The van der Waals surface area contributed by atoms with Crippen LogP contribution in [0.4, 0.5) is 0 Å². The molecule has 1 aromatic heterocycles. The first-order valence-corrected chi connectivity index (χ1v) is 7.65. The summed E-state index contributed by atoms with van der Waals surface area (Å²) in [6.07, 6.45) is 1.97. The van der Waals surface area contributed by atoms with Crippen LogP contribution in [0.1, 0.15) is 45.1 Å². The van der Waals surface area contributed by atoms with Crippen molar-refractivity contribution in [3.8, 4) is 11.4 Å². The van der Waals surface area contributed by atoms with Crippen molar-refractivity contribution in [2.24, 2.45) is 5.92 Å². The van der Waals surface area contributed by atoms with Crippen LogP contribution in [0.5, 0.6) is 0 Å². The lowest BCUT2D eigenvalue weighted by atomic mass is 9.87. The van der Waals surface area contributed by atoms with Crippen LogP contribution in [0.15, 0.2) is 28.8 Å². The minimum atomic E-state index is 0.0780. The van der Waals surface area contributed by atoms with E-state index in [0.29, 0.717) is 18.3 Å². The molecule has 0 unspecified atom stereocenters. The molecule has 1 amide bonds. The quantitative estimate of drug-likeness (QED) is 0.942. The molecule has 22 heavy (non-hydrogen) atoms. The molecule has 1 aromatic carbocycles. The fraction of sp³-hybridized carbons (Fsp3) is 0.471. The second kappa shape index (κ2) is 5.55. The van der Waals surface area contributed by atoms with Crippen molar-refractivity contribution >= 4 is 5.91 Å². The number of hydrogen-bond acceptors (Lipinski definition) is 4. The van der Waals surface area contributed by atoms with E-state index >= 15 is 0 Å². The van der Waals surface area contributed by atoms with Gasteiger partial charge in [-0.05, 0) is 23.8 Å². The number of nitrogens with one attached hydrogen (secondary N) is 1. The Labute approximate surface area is 130 Å². The van der Waals surface area contributed by atoms with Crippen molar-refractivity contribution in [3.63, 3.8) is 0 Å². The molecule has 1 N–H and O–H groups in total. The van der Waals surface area contributed by atoms with Gasteiger partial charge in [0, 0.05) is 11.5 Å². The predicted octanol–water partition coefficient (Wildman–Crippen LogP) is 3.06. The third kappa shape index (κ3) is 3.35. The molecule has 1 saturated carbocycles. The summed E-state index contributed by atoms with van der Waals surface area (Å²) in [6, 6.07) is 8.16. The Morgan fingerprint density at radius 3 is 2.55 bits per heavy atom.